The van der Waals surface area contributed by atoms with Crippen LogP contribution >= 0.6 is 15.9 Å². The van der Waals surface area contributed by atoms with Crippen molar-refractivity contribution in [3.8, 4) is 0 Å². The molecule has 19 heavy (non-hydrogen) atoms. The minimum absolute atomic E-state index is 0.0687. The van der Waals surface area contributed by atoms with Gasteiger partial charge in [0.25, 0.3) is 0 Å². The lowest BCUT2D eigenvalue weighted by atomic mass is 10.0. The van der Waals surface area contributed by atoms with Crippen molar-refractivity contribution >= 4 is 15.9 Å². The summed E-state index contributed by atoms with van der Waals surface area (Å²) in [5, 5.41) is 9.93. The molecule has 1 unspecified atom stereocenters. The molecule has 1 nitrogen and oxygen atoms in total. The predicted molar refractivity (Wildman–Crippen MR) is 69.1 cm³/mol. The second-order valence-corrected chi connectivity index (χ2v) is 5.12. The number of halogens is 4. The molecule has 0 aliphatic rings. The van der Waals surface area contributed by atoms with Crippen LogP contribution in [-0.2, 0) is 6.42 Å². The molecule has 2 aromatic rings. The summed E-state index contributed by atoms with van der Waals surface area (Å²) < 4.78 is 39.8. The van der Waals surface area contributed by atoms with Crippen molar-refractivity contribution < 1.29 is 18.3 Å². The molecule has 2 aromatic carbocycles. The predicted octanol–water partition coefficient (Wildman–Crippen LogP) is 4.14. The van der Waals surface area contributed by atoms with E-state index in [4.69, 9.17) is 0 Å². The van der Waals surface area contributed by atoms with Crippen LogP contribution in [0.25, 0.3) is 0 Å². The Hall–Kier alpha value is -1.33. The Kier molecular flexibility index (Phi) is 4.27. The van der Waals surface area contributed by atoms with Crippen molar-refractivity contribution in [2.24, 2.45) is 0 Å². The SMILES string of the molecule is OC(Cc1cc(F)cc(Br)c1)c1cc(F)cc(F)c1. The van der Waals surface area contributed by atoms with Crippen LogP contribution in [0.15, 0.2) is 40.9 Å². The second kappa shape index (κ2) is 5.75. The van der Waals surface area contributed by atoms with Crippen molar-refractivity contribution in [3.05, 3.63) is 69.4 Å². The summed E-state index contributed by atoms with van der Waals surface area (Å²) in [4.78, 5) is 0. The number of hydrogen-bond donors (Lipinski definition) is 1. The van der Waals surface area contributed by atoms with Gasteiger partial charge in [0.1, 0.15) is 17.5 Å². The van der Waals surface area contributed by atoms with Gasteiger partial charge in [0.2, 0.25) is 0 Å². The summed E-state index contributed by atoms with van der Waals surface area (Å²) in [6, 6.07) is 7.04. The normalized spacial score (nSPS) is 12.5. The minimum atomic E-state index is -1.10. The van der Waals surface area contributed by atoms with Crippen LogP contribution in [0.2, 0.25) is 0 Å². The van der Waals surface area contributed by atoms with Crippen LogP contribution in [0, 0.1) is 17.5 Å². The van der Waals surface area contributed by atoms with Gasteiger partial charge in [-0.3, -0.25) is 0 Å². The quantitative estimate of drug-likeness (QED) is 0.896. The number of aliphatic hydroxyl groups excluding tert-OH is 1. The van der Waals surface area contributed by atoms with E-state index >= 15 is 0 Å². The van der Waals surface area contributed by atoms with E-state index in [1.807, 2.05) is 0 Å². The highest BCUT2D eigenvalue weighted by atomic mass is 79.9. The number of hydrogen-bond acceptors (Lipinski definition) is 1. The van der Waals surface area contributed by atoms with Gasteiger partial charge < -0.3 is 5.11 Å². The minimum Gasteiger partial charge on any atom is -0.388 e. The highest BCUT2D eigenvalue weighted by molar-refractivity contribution is 9.10. The number of aliphatic hydroxyl groups is 1. The lowest BCUT2D eigenvalue weighted by Crippen LogP contribution is -2.03. The lowest BCUT2D eigenvalue weighted by Gasteiger charge is -2.12. The molecule has 0 spiro atoms. The zero-order chi connectivity index (χ0) is 14.0. The topological polar surface area (TPSA) is 20.2 Å². The molecule has 100 valence electrons. The van der Waals surface area contributed by atoms with E-state index in [0.29, 0.717) is 10.0 Å². The lowest BCUT2D eigenvalue weighted by molar-refractivity contribution is 0.177. The molecule has 1 atom stereocenters. The Labute approximate surface area is 116 Å². The van der Waals surface area contributed by atoms with Crippen LogP contribution in [0.5, 0.6) is 0 Å². The zero-order valence-electron chi connectivity index (χ0n) is 9.71. The first-order valence-electron chi connectivity index (χ1n) is 5.53. The smallest absolute Gasteiger partial charge is 0.126 e. The maximum Gasteiger partial charge on any atom is 0.126 e. The molecular formula is C14H10BrF3O. The fraction of sp³-hybridized carbons (Fsp3) is 0.143. The Bertz CT molecular complexity index is 561. The van der Waals surface area contributed by atoms with E-state index in [1.165, 1.54) is 12.1 Å². The molecule has 0 aromatic heterocycles. The molecule has 2 rings (SSSR count). The van der Waals surface area contributed by atoms with Crippen LogP contribution in [0.1, 0.15) is 17.2 Å². The van der Waals surface area contributed by atoms with Gasteiger partial charge in [-0.25, -0.2) is 13.2 Å². The maximum atomic E-state index is 13.2. The van der Waals surface area contributed by atoms with Gasteiger partial charge in [0, 0.05) is 17.0 Å². The average Bonchev–Trinajstić information content (AvgIpc) is 2.25. The molecule has 0 bridgehead atoms. The van der Waals surface area contributed by atoms with Gasteiger partial charge >= 0.3 is 0 Å². The van der Waals surface area contributed by atoms with Gasteiger partial charge in [-0.05, 0) is 41.5 Å². The molecule has 0 saturated carbocycles. The van der Waals surface area contributed by atoms with E-state index in [-0.39, 0.29) is 12.0 Å². The fourth-order valence-corrected chi connectivity index (χ4v) is 2.35. The van der Waals surface area contributed by atoms with Crippen LogP contribution in [0.3, 0.4) is 0 Å². The Morgan fingerprint density at radius 3 is 2.05 bits per heavy atom. The average molecular weight is 331 g/mol. The maximum absolute atomic E-state index is 13.2. The van der Waals surface area contributed by atoms with Gasteiger partial charge in [0.15, 0.2) is 0 Å². The summed E-state index contributed by atoms with van der Waals surface area (Å²) >= 11 is 3.14. The molecule has 5 heteroatoms. The molecule has 0 fully saturated rings. The van der Waals surface area contributed by atoms with Gasteiger partial charge in [-0.15, -0.1) is 0 Å². The van der Waals surface area contributed by atoms with Crippen LogP contribution in [0.4, 0.5) is 13.2 Å². The van der Waals surface area contributed by atoms with Crippen molar-refractivity contribution in [3.63, 3.8) is 0 Å². The van der Waals surface area contributed by atoms with Crippen molar-refractivity contribution in [1.82, 2.24) is 0 Å². The first-order valence-corrected chi connectivity index (χ1v) is 6.32. The molecule has 0 radical (unpaired) electrons. The van der Waals surface area contributed by atoms with Crippen molar-refractivity contribution in [1.29, 1.82) is 0 Å². The van der Waals surface area contributed by atoms with E-state index in [2.05, 4.69) is 15.9 Å². The largest absolute Gasteiger partial charge is 0.388 e. The molecule has 0 aliphatic carbocycles. The summed E-state index contributed by atoms with van der Waals surface area (Å²) in [7, 11) is 0. The van der Waals surface area contributed by atoms with E-state index in [1.54, 1.807) is 6.07 Å². The van der Waals surface area contributed by atoms with Gasteiger partial charge in [-0.1, -0.05) is 15.9 Å². The van der Waals surface area contributed by atoms with Crippen molar-refractivity contribution in [2.75, 3.05) is 0 Å². The summed E-state index contributed by atoms with van der Waals surface area (Å²) in [6.07, 6.45) is -1.03. The Morgan fingerprint density at radius 1 is 0.895 bits per heavy atom. The molecule has 0 amide bonds. The molecular weight excluding hydrogens is 321 g/mol. The molecule has 1 N–H and O–H groups in total. The summed E-state index contributed by atoms with van der Waals surface area (Å²) in [5.74, 6) is -1.95. The van der Waals surface area contributed by atoms with Crippen molar-refractivity contribution in [2.45, 2.75) is 12.5 Å². The third-order valence-corrected chi connectivity index (χ3v) is 3.08. The van der Waals surface area contributed by atoms with Crippen LogP contribution in [-0.4, -0.2) is 5.11 Å². The summed E-state index contributed by atoms with van der Waals surface area (Å²) in [5.41, 5.74) is 0.655. The zero-order valence-corrected chi connectivity index (χ0v) is 11.3. The second-order valence-electron chi connectivity index (χ2n) is 4.20. The van der Waals surface area contributed by atoms with E-state index < -0.39 is 23.6 Å². The Balaban J connectivity index is 2.22. The molecule has 0 aliphatic heterocycles. The van der Waals surface area contributed by atoms with Gasteiger partial charge in [-0.2, -0.15) is 0 Å². The molecule has 0 saturated heterocycles. The third kappa shape index (κ3) is 3.81. The number of rotatable bonds is 3. The fourth-order valence-electron chi connectivity index (χ4n) is 1.84. The highest BCUT2D eigenvalue weighted by Gasteiger charge is 2.12. The standard InChI is InChI=1S/C14H10BrF3O/c15-10-1-8(2-11(16)6-10)3-14(19)9-4-12(17)7-13(18)5-9/h1-2,4-7,14,19H,3H2. The monoisotopic (exact) mass is 330 g/mol. The van der Waals surface area contributed by atoms with Crippen LogP contribution < -0.4 is 0 Å². The summed E-state index contributed by atoms with van der Waals surface area (Å²) in [6.45, 7) is 0. The van der Waals surface area contributed by atoms with E-state index in [9.17, 15) is 18.3 Å². The first-order chi connectivity index (χ1) is 8.94. The third-order valence-electron chi connectivity index (χ3n) is 2.62. The van der Waals surface area contributed by atoms with Gasteiger partial charge in [0.05, 0.1) is 6.10 Å². The van der Waals surface area contributed by atoms with E-state index in [0.717, 1.165) is 18.2 Å². The Morgan fingerprint density at radius 2 is 1.47 bits per heavy atom. The highest BCUT2D eigenvalue weighted by Crippen LogP contribution is 2.23. The molecule has 0 heterocycles. The first kappa shape index (κ1) is 14.1. The number of benzene rings is 2.